The van der Waals surface area contributed by atoms with Gasteiger partial charge in [0.1, 0.15) is 28.7 Å². The Hall–Kier alpha value is -3.07. The lowest BCUT2D eigenvalue weighted by Crippen LogP contribution is -2.28. The molecule has 0 aromatic heterocycles. The molecule has 0 saturated carbocycles. The molecule has 224 valence electrons. The summed E-state index contributed by atoms with van der Waals surface area (Å²) >= 11 is 0. The van der Waals surface area contributed by atoms with Crippen LogP contribution in [0.3, 0.4) is 0 Å². The molecule has 10 heteroatoms. The molecule has 0 fully saturated rings. The summed E-state index contributed by atoms with van der Waals surface area (Å²) in [5, 5.41) is 2.63. The lowest BCUT2D eigenvalue weighted by Gasteiger charge is -2.29. The summed E-state index contributed by atoms with van der Waals surface area (Å²) in [4.78, 5) is 0. The average molecular weight is 589 g/mol. The SMILES string of the molecule is COCCOCOc1c(COCCOC)cc(C)cc1P(c1c(OC)cccc1OC)c1c(OC)cccc1OC. The van der Waals surface area contributed by atoms with Crippen molar-refractivity contribution in [1.82, 2.24) is 0 Å². The molecule has 0 aliphatic heterocycles. The van der Waals surface area contributed by atoms with Crippen molar-refractivity contribution in [2.75, 3.05) is 75.9 Å². The van der Waals surface area contributed by atoms with Crippen molar-refractivity contribution in [2.45, 2.75) is 13.5 Å². The standard InChI is InChI=1S/C31H41O9P/c1-22-18-23(20-38-16-14-32-2)29(40-21-39-17-15-33-3)28(19-22)41(30-24(34-4)10-8-11-25(30)35-5)31-26(36-6)12-9-13-27(31)37-7/h8-13,18-19H,14-17,20-21H2,1-7H3. The maximum absolute atomic E-state index is 6.41. The zero-order valence-electron chi connectivity index (χ0n) is 25.0. The maximum Gasteiger partial charge on any atom is 0.189 e. The smallest absolute Gasteiger partial charge is 0.189 e. The maximum atomic E-state index is 6.41. The van der Waals surface area contributed by atoms with Crippen LogP contribution in [0.5, 0.6) is 28.7 Å². The number of methoxy groups -OCH3 is 6. The number of aryl methyl sites for hydroxylation is 1. The van der Waals surface area contributed by atoms with Crippen LogP contribution < -0.4 is 39.6 Å². The van der Waals surface area contributed by atoms with Gasteiger partial charge in [-0.2, -0.15) is 0 Å². The highest BCUT2D eigenvalue weighted by Crippen LogP contribution is 2.48. The molecule has 0 radical (unpaired) electrons. The fourth-order valence-corrected chi connectivity index (χ4v) is 7.34. The highest BCUT2D eigenvalue weighted by Gasteiger charge is 2.33. The van der Waals surface area contributed by atoms with E-state index in [1.165, 1.54) is 0 Å². The lowest BCUT2D eigenvalue weighted by atomic mass is 10.1. The van der Waals surface area contributed by atoms with E-state index < -0.39 is 7.92 Å². The zero-order chi connectivity index (χ0) is 29.6. The van der Waals surface area contributed by atoms with Crippen molar-refractivity contribution in [3.63, 3.8) is 0 Å². The van der Waals surface area contributed by atoms with Crippen molar-refractivity contribution in [3.8, 4) is 28.7 Å². The van der Waals surface area contributed by atoms with Crippen molar-refractivity contribution in [2.24, 2.45) is 0 Å². The van der Waals surface area contributed by atoms with Crippen molar-refractivity contribution >= 4 is 23.8 Å². The molecule has 0 heterocycles. The van der Waals surface area contributed by atoms with Gasteiger partial charge in [-0.25, -0.2) is 0 Å². The fraction of sp³-hybridized carbons (Fsp3) is 0.419. The molecule has 3 aromatic carbocycles. The third kappa shape index (κ3) is 8.24. The zero-order valence-corrected chi connectivity index (χ0v) is 25.9. The van der Waals surface area contributed by atoms with Gasteiger partial charge in [0.25, 0.3) is 0 Å². The van der Waals surface area contributed by atoms with E-state index in [1.54, 1.807) is 42.7 Å². The average Bonchev–Trinajstić information content (AvgIpc) is 3.00. The number of hydrogen-bond acceptors (Lipinski definition) is 9. The molecular weight excluding hydrogens is 547 g/mol. The number of benzene rings is 3. The molecule has 0 aliphatic carbocycles. The minimum absolute atomic E-state index is 0.0276. The molecule has 0 bridgehead atoms. The normalized spacial score (nSPS) is 11.0. The van der Waals surface area contributed by atoms with E-state index in [1.807, 2.05) is 43.3 Å². The van der Waals surface area contributed by atoms with Gasteiger partial charge in [-0.05, 0) is 42.8 Å². The molecule has 3 aromatic rings. The highest BCUT2D eigenvalue weighted by molar-refractivity contribution is 7.80. The first-order valence-electron chi connectivity index (χ1n) is 13.2. The molecule has 9 nitrogen and oxygen atoms in total. The van der Waals surface area contributed by atoms with Crippen molar-refractivity contribution in [1.29, 1.82) is 0 Å². The quantitative estimate of drug-likeness (QED) is 0.125. The predicted octanol–water partition coefficient (Wildman–Crippen LogP) is 3.95. The fourth-order valence-electron chi connectivity index (χ4n) is 4.35. The summed E-state index contributed by atoms with van der Waals surface area (Å²) < 4.78 is 52.1. The predicted molar refractivity (Wildman–Crippen MR) is 161 cm³/mol. The molecule has 0 N–H and O–H groups in total. The molecule has 0 amide bonds. The van der Waals surface area contributed by atoms with Gasteiger partial charge in [0, 0.05) is 33.0 Å². The van der Waals surface area contributed by atoms with Crippen LogP contribution in [0, 0.1) is 6.92 Å². The molecule has 0 spiro atoms. The Labute approximate surface area is 244 Å². The summed E-state index contributed by atoms with van der Waals surface area (Å²) in [7, 11) is 8.44. The Morgan fingerprint density at radius 1 is 0.610 bits per heavy atom. The van der Waals surface area contributed by atoms with Gasteiger partial charge in [-0.1, -0.05) is 18.2 Å². The third-order valence-corrected chi connectivity index (χ3v) is 8.78. The molecule has 0 unspecified atom stereocenters. The van der Waals surface area contributed by atoms with Gasteiger partial charge < -0.3 is 42.6 Å². The Kier molecular flexibility index (Phi) is 13.5. The topological polar surface area (TPSA) is 83.1 Å². The van der Waals surface area contributed by atoms with Gasteiger partial charge in [0.2, 0.25) is 0 Å². The second-order valence-corrected chi connectivity index (χ2v) is 10.9. The lowest BCUT2D eigenvalue weighted by molar-refractivity contribution is -0.00958. The second-order valence-electron chi connectivity index (χ2n) is 8.84. The molecule has 0 saturated heterocycles. The van der Waals surface area contributed by atoms with Crippen LogP contribution in [0.1, 0.15) is 11.1 Å². The van der Waals surface area contributed by atoms with Crippen LogP contribution in [-0.4, -0.2) is 75.9 Å². The monoisotopic (exact) mass is 588 g/mol. The van der Waals surface area contributed by atoms with Crippen molar-refractivity contribution < 1.29 is 42.6 Å². The summed E-state index contributed by atoms with van der Waals surface area (Å²) in [6, 6.07) is 15.7. The summed E-state index contributed by atoms with van der Waals surface area (Å²) in [6.07, 6.45) is 0. The van der Waals surface area contributed by atoms with Crippen LogP contribution >= 0.6 is 7.92 Å². The highest BCUT2D eigenvalue weighted by atomic mass is 31.1. The van der Waals surface area contributed by atoms with Crippen molar-refractivity contribution in [3.05, 3.63) is 59.7 Å². The van der Waals surface area contributed by atoms with E-state index in [9.17, 15) is 0 Å². The largest absolute Gasteiger partial charge is 0.496 e. The van der Waals surface area contributed by atoms with E-state index in [4.69, 9.17) is 42.6 Å². The first-order valence-corrected chi connectivity index (χ1v) is 14.5. The van der Waals surface area contributed by atoms with E-state index in [-0.39, 0.29) is 6.79 Å². The third-order valence-electron chi connectivity index (χ3n) is 6.19. The molecular formula is C31H41O9P. The number of hydrogen-bond donors (Lipinski definition) is 0. The number of ether oxygens (including phenoxy) is 9. The minimum atomic E-state index is -1.44. The summed E-state index contributed by atoms with van der Waals surface area (Å²) in [6.45, 7) is 4.18. The van der Waals surface area contributed by atoms with Gasteiger partial charge in [0.05, 0.1) is 72.1 Å². The van der Waals surface area contributed by atoms with E-state index in [0.717, 1.165) is 27.0 Å². The van der Waals surface area contributed by atoms with Crippen LogP contribution in [0.15, 0.2) is 48.5 Å². The first-order chi connectivity index (χ1) is 20.0. The second kappa shape index (κ2) is 17.0. The molecule has 0 atom stereocenters. The Balaban J connectivity index is 2.34. The van der Waals surface area contributed by atoms with Gasteiger partial charge in [-0.15, -0.1) is 0 Å². The number of rotatable bonds is 18. The van der Waals surface area contributed by atoms with Crippen LogP contribution in [0.25, 0.3) is 0 Å². The molecule has 41 heavy (non-hydrogen) atoms. The van der Waals surface area contributed by atoms with Crippen LogP contribution in [-0.2, 0) is 25.6 Å². The van der Waals surface area contributed by atoms with Gasteiger partial charge in [0.15, 0.2) is 6.79 Å². The van der Waals surface area contributed by atoms with Crippen LogP contribution in [0.4, 0.5) is 0 Å². The molecule has 0 aliphatic rings. The van der Waals surface area contributed by atoms with Gasteiger partial charge >= 0.3 is 0 Å². The van der Waals surface area contributed by atoms with E-state index in [2.05, 4.69) is 12.1 Å². The van der Waals surface area contributed by atoms with E-state index >= 15 is 0 Å². The Morgan fingerprint density at radius 2 is 1.10 bits per heavy atom. The van der Waals surface area contributed by atoms with Gasteiger partial charge in [-0.3, -0.25) is 0 Å². The molecule has 3 rings (SSSR count). The first kappa shape index (κ1) is 32.4. The summed E-state index contributed by atoms with van der Waals surface area (Å²) in [5.41, 5.74) is 1.91. The minimum Gasteiger partial charge on any atom is -0.496 e. The Morgan fingerprint density at radius 3 is 1.56 bits per heavy atom. The summed E-state index contributed by atoms with van der Waals surface area (Å²) in [5.74, 6) is 3.34. The van der Waals surface area contributed by atoms with Crippen LogP contribution in [0.2, 0.25) is 0 Å². The van der Waals surface area contributed by atoms with E-state index in [0.29, 0.717) is 61.8 Å². The Bertz CT molecular complexity index is 1130.